The van der Waals surface area contributed by atoms with Crippen LogP contribution < -0.4 is 5.32 Å². The van der Waals surface area contributed by atoms with Crippen LogP contribution >= 0.6 is 15.9 Å². The molecule has 1 rings (SSSR count). The second kappa shape index (κ2) is 7.26. The molecule has 2 amide bonds. The molecule has 0 aliphatic carbocycles. The van der Waals surface area contributed by atoms with Gasteiger partial charge in [0.1, 0.15) is 0 Å². The van der Waals surface area contributed by atoms with Gasteiger partial charge in [-0.2, -0.15) is 0 Å². The molecular formula is C11H15BrN2O3. The number of urea groups is 1. The minimum atomic E-state index is -0.347. The molecule has 0 spiro atoms. The van der Waals surface area contributed by atoms with Crippen LogP contribution in [0, 0.1) is 0 Å². The fourth-order valence-corrected chi connectivity index (χ4v) is 1.70. The van der Waals surface area contributed by atoms with Crippen molar-refractivity contribution in [1.82, 2.24) is 4.90 Å². The third-order valence-corrected chi connectivity index (χ3v) is 2.83. The molecule has 17 heavy (non-hydrogen) atoms. The van der Waals surface area contributed by atoms with Gasteiger partial charge in [0, 0.05) is 17.6 Å². The van der Waals surface area contributed by atoms with Gasteiger partial charge in [0.15, 0.2) is 0 Å². The Morgan fingerprint density at radius 1 is 1.24 bits per heavy atom. The third-order valence-electron chi connectivity index (χ3n) is 2.14. The molecule has 0 unspecified atom stereocenters. The highest BCUT2D eigenvalue weighted by Crippen LogP contribution is 2.21. The van der Waals surface area contributed by atoms with Gasteiger partial charge in [-0.3, -0.25) is 0 Å². The minimum absolute atomic E-state index is 0.136. The molecule has 0 bridgehead atoms. The average Bonchev–Trinajstić information content (AvgIpc) is 2.32. The zero-order chi connectivity index (χ0) is 12.7. The molecule has 0 aliphatic rings. The Balaban J connectivity index is 2.66. The van der Waals surface area contributed by atoms with Crippen LogP contribution in [0.4, 0.5) is 10.5 Å². The molecule has 0 atom stereocenters. The first-order valence-electron chi connectivity index (χ1n) is 5.21. The van der Waals surface area contributed by atoms with Crippen LogP contribution in [0.2, 0.25) is 0 Å². The largest absolute Gasteiger partial charge is 0.395 e. The summed E-state index contributed by atoms with van der Waals surface area (Å²) in [5.74, 6) is 0. The van der Waals surface area contributed by atoms with E-state index in [2.05, 4.69) is 21.2 Å². The number of para-hydroxylation sites is 1. The normalized spacial score (nSPS) is 10.1. The summed E-state index contributed by atoms with van der Waals surface area (Å²) in [5.41, 5.74) is 0.651. The highest BCUT2D eigenvalue weighted by Gasteiger charge is 2.13. The van der Waals surface area contributed by atoms with Crippen LogP contribution in [0.5, 0.6) is 0 Å². The maximum atomic E-state index is 11.8. The Kier molecular flexibility index (Phi) is 5.96. The van der Waals surface area contributed by atoms with Crippen molar-refractivity contribution >= 4 is 27.6 Å². The zero-order valence-corrected chi connectivity index (χ0v) is 10.9. The molecule has 0 aliphatic heterocycles. The number of carbonyl (C=O) groups excluding carboxylic acids is 1. The van der Waals surface area contributed by atoms with Crippen molar-refractivity contribution < 1.29 is 15.0 Å². The van der Waals surface area contributed by atoms with Crippen LogP contribution in [0.15, 0.2) is 28.7 Å². The Bertz CT molecular complexity index is 367. The quantitative estimate of drug-likeness (QED) is 0.767. The zero-order valence-electron chi connectivity index (χ0n) is 9.27. The molecule has 94 valence electrons. The number of amides is 2. The van der Waals surface area contributed by atoms with Crippen LogP contribution in [0.3, 0.4) is 0 Å². The number of rotatable bonds is 5. The van der Waals surface area contributed by atoms with Crippen molar-refractivity contribution in [1.29, 1.82) is 0 Å². The van der Waals surface area contributed by atoms with Gasteiger partial charge in [0.2, 0.25) is 0 Å². The maximum absolute atomic E-state index is 11.8. The first kappa shape index (κ1) is 14.0. The third kappa shape index (κ3) is 4.33. The van der Waals surface area contributed by atoms with E-state index >= 15 is 0 Å². The number of aliphatic hydroxyl groups is 2. The number of halogens is 1. The number of carbonyl (C=O) groups is 1. The lowest BCUT2D eigenvalue weighted by atomic mass is 10.3. The highest BCUT2D eigenvalue weighted by molar-refractivity contribution is 9.10. The van der Waals surface area contributed by atoms with Gasteiger partial charge in [-0.05, 0) is 28.1 Å². The number of aliphatic hydroxyl groups excluding tert-OH is 2. The number of benzene rings is 1. The molecule has 0 saturated carbocycles. The Hall–Kier alpha value is -1.11. The maximum Gasteiger partial charge on any atom is 0.322 e. The summed E-state index contributed by atoms with van der Waals surface area (Å²) in [5, 5.41) is 20.3. The number of nitrogens with zero attached hydrogens (tertiary/aromatic N) is 1. The van der Waals surface area contributed by atoms with Crippen LogP contribution in [-0.4, -0.2) is 47.4 Å². The monoisotopic (exact) mass is 302 g/mol. The van der Waals surface area contributed by atoms with Gasteiger partial charge in [0.25, 0.3) is 0 Å². The minimum Gasteiger partial charge on any atom is -0.395 e. The van der Waals surface area contributed by atoms with Crippen molar-refractivity contribution in [2.75, 3.05) is 31.6 Å². The predicted molar refractivity (Wildman–Crippen MR) is 68.9 cm³/mol. The Morgan fingerprint density at radius 2 is 1.82 bits per heavy atom. The highest BCUT2D eigenvalue weighted by atomic mass is 79.9. The second-order valence-electron chi connectivity index (χ2n) is 3.34. The summed E-state index contributed by atoms with van der Waals surface area (Å²) in [6.45, 7) is 0.112. The molecule has 1 aromatic carbocycles. The van der Waals surface area contributed by atoms with E-state index in [-0.39, 0.29) is 32.3 Å². The number of anilines is 1. The van der Waals surface area contributed by atoms with E-state index in [1.54, 1.807) is 6.07 Å². The van der Waals surface area contributed by atoms with Gasteiger partial charge >= 0.3 is 6.03 Å². The molecule has 0 aromatic heterocycles. The molecule has 1 aromatic rings. The predicted octanol–water partition coefficient (Wildman–Crippen LogP) is 1.27. The first-order valence-corrected chi connectivity index (χ1v) is 6.00. The summed E-state index contributed by atoms with van der Waals surface area (Å²) in [7, 11) is 0. The van der Waals surface area contributed by atoms with Crippen LogP contribution in [0.1, 0.15) is 0 Å². The number of hydrogen-bond donors (Lipinski definition) is 3. The van der Waals surface area contributed by atoms with Gasteiger partial charge < -0.3 is 20.4 Å². The lowest BCUT2D eigenvalue weighted by Crippen LogP contribution is -2.39. The fourth-order valence-electron chi connectivity index (χ4n) is 1.31. The van der Waals surface area contributed by atoms with Crippen LogP contribution in [-0.2, 0) is 0 Å². The van der Waals surface area contributed by atoms with E-state index in [4.69, 9.17) is 10.2 Å². The van der Waals surface area contributed by atoms with E-state index in [9.17, 15) is 4.79 Å². The molecule has 0 radical (unpaired) electrons. The topological polar surface area (TPSA) is 72.8 Å². The van der Waals surface area contributed by atoms with E-state index in [1.807, 2.05) is 18.2 Å². The smallest absolute Gasteiger partial charge is 0.322 e. The van der Waals surface area contributed by atoms with Gasteiger partial charge in [-0.15, -0.1) is 0 Å². The van der Waals surface area contributed by atoms with Crippen molar-refractivity contribution in [3.63, 3.8) is 0 Å². The van der Waals surface area contributed by atoms with E-state index in [0.29, 0.717) is 5.69 Å². The molecule has 0 fully saturated rings. The van der Waals surface area contributed by atoms with Crippen molar-refractivity contribution in [2.24, 2.45) is 0 Å². The number of hydrogen-bond acceptors (Lipinski definition) is 3. The summed E-state index contributed by atoms with van der Waals surface area (Å²) in [6.07, 6.45) is 0. The summed E-state index contributed by atoms with van der Waals surface area (Å²) in [4.78, 5) is 13.2. The summed E-state index contributed by atoms with van der Waals surface area (Å²) < 4.78 is 0.779. The lowest BCUT2D eigenvalue weighted by molar-refractivity contribution is 0.167. The van der Waals surface area contributed by atoms with Crippen LogP contribution in [0.25, 0.3) is 0 Å². The summed E-state index contributed by atoms with van der Waals surface area (Å²) >= 11 is 3.32. The number of nitrogens with one attached hydrogen (secondary N) is 1. The van der Waals surface area contributed by atoms with E-state index in [0.717, 1.165) is 4.47 Å². The second-order valence-corrected chi connectivity index (χ2v) is 4.20. The molecule has 0 heterocycles. The van der Waals surface area contributed by atoms with Gasteiger partial charge in [-0.25, -0.2) is 4.79 Å². The molecular weight excluding hydrogens is 288 g/mol. The molecule has 5 nitrogen and oxygen atoms in total. The molecule has 6 heteroatoms. The Labute approximate surface area is 108 Å². The van der Waals surface area contributed by atoms with Crippen molar-refractivity contribution in [3.05, 3.63) is 28.7 Å². The van der Waals surface area contributed by atoms with Crippen molar-refractivity contribution in [3.8, 4) is 0 Å². The first-order chi connectivity index (χ1) is 8.19. The van der Waals surface area contributed by atoms with Gasteiger partial charge in [-0.1, -0.05) is 12.1 Å². The lowest BCUT2D eigenvalue weighted by Gasteiger charge is -2.21. The Morgan fingerprint density at radius 3 is 2.35 bits per heavy atom. The molecule has 3 N–H and O–H groups in total. The van der Waals surface area contributed by atoms with Crippen molar-refractivity contribution in [2.45, 2.75) is 0 Å². The van der Waals surface area contributed by atoms with E-state index < -0.39 is 0 Å². The standard InChI is InChI=1S/C11H15BrN2O3/c12-9-3-1-2-4-10(9)13-11(17)14(5-7-15)6-8-16/h1-4,15-16H,5-8H2,(H,13,17). The fraction of sp³-hybridized carbons (Fsp3) is 0.364. The molecule has 0 saturated heterocycles. The SMILES string of the molecule is O=C(Nc1ccccc1Br)N(CCO)CCO. The summed E-state index contributed by atoms with van der Waals surface area (Å²) in [6, 6.07) is 6.89. The average molecular weight is 303 g/mol. The van der Waals surface area contributed by atoms with E-state index in [1.165, 1.54) is 4.90 Å². The van der Waals surface area contributed by atoms with Gasteiger partial charge in [0.05, 0.1) is 18.9 Å².